The zero-order valence-electron chi connectivity index (χ0n) is 10.6. The fourth-order valence-corrected chi connectivity index (χ4v) is 3.74. The molecule has 0 bridgehead atoms. The van der Waals surface area contributed by atoms with E-state index < -0.39 is 0 Å². The first-order valence-electron chi connectivity index (χ1n) is 7.31. The summed E-state index contributed by atoms with van der Waals surface area (Å²) in [5, 5.41) is 6.68. The van der Waals surface area contributed by atoms with Gasteiger partial charge in [-0.25, -0.2) is 0 Å². The van der Waals surface area contributed by atoms with Crippen molar-refractivity contribution >= 4 is 5.91 Å². The van der Waals surface area contributed by atoms with Crippen molar-refractivity contribution in [3.05, 3.63) is 0 Å². The topological polar surface area (TPSA) is 41.1 Å². The largest absolute Gasteiger partial charge is 0.353 e. The summed E-state index contributed by atoms with van der Waals surface area (Å²) < 4.78 is 0. The number of piperidine rings is 1. The van der Waals surface area contributed by atoms with Crippen LogP contribution in [-0.2, 0) is 4.79 Å². The van der Waals surface area contributed by atoms with E-state index in [1.807, 2.05) is 0 Å². The van der Waals surface area contributed by atoms with Crippen LogP contribution in [0, 0.1) is 11.3 Å². The number of nitrogens with one attached hydrogen (secondary N) is 2. The third kappa shape index (κ3) is 2.35. The molecule has 1 unspecified atom stereocenters. The molecule has 1 spiro atoms. The molecule has 3 aliphatic rings. The van der Waals surface area contributed by atoms with Crippen LogP contribution in [0.15, 0.2) is 0 Å². The molecule has 3 fully saturated rings. The molecule has 17 heavy (non-hydrogen) atoms. The second-order valence-corrected chi connectivity index (χ2v) is 6.21. The Bertz CT molecular complexity index is 291. The van der Waals surface area contributed by atoms with E-state index in [-0.39, 0.29) is 0 Å². The first kappa shape index (κ1) is 11.5. The first-order valence-corrected chi connectivity index (χ1v) is 7.31. The average Bonchev–Trinajstić information content (AvgIpc) is 3.05. The van der Waals surface area contributed by atoms with Gasteiger partial charge in [0.25, 0.3) is 0 Å². The highest BCUT2D eigenvalue weighted by Gasteiger charge is 2.57. The third-order valence-corrected chi connectivity index (χ3v) is 5.06. The van der Waals surface area contributed by atoms with Gasteiger partial charge in [-0.05, 0) is 50.6 Å². The van der Waals surface area contributed by atoms with Gasteiger partial charge in [-0.1, -0.05) is 19.3 Å². The molecule has 0 aromatic heterocycles. The Balaban J connectivity index is 1.50. The summed E-state index contributed by atoms with van der Waals surface area (Å²) >= 11 is 0. The summed E-state index contributed by atoms with van der Waals surface area (Å²) in [4.78, 5) is 12.2. The summed E-state index contributed by atoms with van der Waals surface area (Å²) in [6, 6.07) is 0.482. The predicted molar refractivity (Wildman–Crippen MR) is 67.7 cm³/mol. The minimum Gasteiger partial charge on any atom is -0.353 e. The second-order valence-electron chi connectivity index (χ2n) is 6.21. The normalized spacial score (nSPS) is 32.4. The van der Waals surface area contributed by atoms with Gasteiger partial charge >= 0.3 is 0 Å². The van der Waals surface area contributed by atoms with Crippen molar-refractivity contribution in [1.29, 1.82) is 0 Å². The molecule has 1 aliphatic heterocycles. The smallest absolute Gasteiger partial charge is 0.223 e. The summed E-state index contributed by atoms with van der Waals surface area (Å²) in [5.41, 5.74) is 0.393. The fraction of sp³-hybridized carbons (Fsp3) is 0.929. The van der Waals surface area contributed by atoms with E-state index >= 15 is 0 Å². The highest BCUT2D eigenvalue weighted by Crippen LogP contribution is 2.58. The summed E-state index contributed by atoms with van der Waals surface area (Å²) in [7, 11) is 0. The van der Waals surface area contributed by atoms with Crippen LogP contribution in [0.1, 0.15) is 51.4 Å². The van der Waals surface area contributed by atoms with Crippen LogP contribution < -0.4 is 10.6 Å². The highest BCUT2D eigenvalue weighted by molar-refractivity contribution is 5.82. The average molecular weight is 236 g/mol. The Labute approximate surface area is 104 Å². The van der Waals surface area contributed by atoms with Crippen LogP contribution in [0.4, 0.5) is 0 Å². The molecule has 1 atom stereocenters. The van der Waals surface area contributed by atoms with E-state index in [1.54, 1.807) is 0 Å². The number of hydrogen-bond donors (Lipinski definition) is 2. The maximum absolute atomic E-state index is 12.2. The predicted octanol–water partition coefficient (Wildman–Crippen LogP) is 1.82. The van der Waals surface area contributed by atoms with Crippen LogP contribution in [0.2, 0.25) is 0 Å². The zero-order valence-corrected chi connectivity index (χ0v) is 10.6. The Kier molecular flexibility index (Phi) is 3.12. The van der Waals surface area contributed by atoms with Gasteiger partial charge in [0, 0.05) is 12.0 Å². The quantitative estimate of drug-likeness (QED) is 0.768. The lowest BCUT2D eigenvalue weighted by Crippen LogP contribution is -2.39. The molecule has 0 aromatic carbocycles. The van der Waals surface area contributed by atoms with E-state index in [2.05, 4.69) is 10.6 Å². The van der Waals surface area contributed by atoms with Gasteiger partial charge < -0.3 is 10.6 Å². The molecule has 1 amide bonds. The molecular formula is C14H24N2O. The van der Waals surface area contributed by atoms with Crippen molar-refractivity contribution in [2.24, 2.45) is 11.3 Å². The van der Waals surface area contributed by atoms with Gasteiger partial charge in [-0.2, -0.15) is 0 Å². The molecule has 2 saturated carbocycles. The van der Waals surface area contributed by atoms with Crippen LogP contribution in [0.3, 0.4) is 0 Å². The molecule has 2 aliphatic carbocycles. The van der Waals surface area contributed by atoms with E-state index in [9.17, 15) is 4.79 Å². The van der Waals surface area contributed by atoms with E-state index in [0.717, 1.165) is 19.5 Å². The van der Waals surface area contributed by atoms with Gasteiger partial charge in [0.15, 0.2) is 0 Å². The van der Waals surface area contributed by atoms with Gasteiger partial charge in [0.1, 0.15) is 0 Å². The van der Waals surface area contributed by atoms with Crippen LogP contribution >= 0.6 is 0 Å². The van der Waals surface area contributed by atoms with Gasteiger partial charge in [-0.15, -0.1) is 0 Å². The maximum Gasteiger partial charge on any atom is 0.223 e. The monoisotopic (exact) mass is 236 g/mol. The molecule has 3 rings (SSSR count). The maximum atomic E-state index is 12.2. The Hall–Kier alpha value is -0.570. The number of amides is 1. The van der Waals surface area contributed by atoms with Crippen molar-refractivity contribution in [3.63, 3.8) is 0 Å². The van der Waals surface area contributed by atoms with Crippen molar-refractivity contribution in [2.45, 2.75) is 57.4 Å². The molecule has 2 N–H and O–H groups in total. The SMILES string of the molecule is O=C(NC1CCCCC1)C1CC12CCNCC2. The number of carbonyl (C=O) groups is 1. The molecule has 0 radical (unpaired) electrons. The Morgan fingerprint density at radius 3 is 2.53 bits per heavy atom. The first-order chi connectivity index (χ1) is 8.30. The summed E-state index contributed by atoms with van der Waals surface area (Å²) in [6.45, 7) is 2.21. The van der Waals surface area contributed by atoms with Crippen LogP contribution in [0.25, 0.3) is 0 Å². The molecule has 1 heterocycles. The molecule has 0 aromatic rings. The minimum absolute atomic E-state index is 0.339. The van der Waals surface area contributed by atoms with Crippen LogP contribution in [-0.4, -0.2) is 25.0 Å². The fourth-order valence-electron chi connectivity index (χ4n) is 3.74. The number of rotatable bonds is 2. The number of carbonyl (C=O) groups excluding carboxylic acids is 1. The van der Waals surface area contributed by atoms with Crippen molar-refractivity contribution in [3.8, 4) is 0 Å². The Morgan fingerprint density at radius 2 is 1.82 bits per heavy atom. The lowest BCUT2D eigenvalue weighted by molar-refractivity contribution is -0.124. The Morgan fingerprint density at radius 1 is 1.12 bits per heavy atom. The zero-order chi connectivity index (χ0) is 11.7. The summed E-state index contributed by atoms with van der Waals surface area (Å²) in [5.74, 6) is 0.699. The van der Waals surface area contributed by atoms with Crippen molar-refractivity contribution < 1.29 is 4.79 Å². The minimum atomic E-state index is 0.339. The van der Waals surface area contributed by atoms with Gasteiger partial charge in [0.05, 0.1) is 0 Å². The van der Waals surface area contributed by atoms with Gasteiger partial charge in [-0.3, -0.25) is 4.79 Å². The molecule has 3 nitrogen and oxygen atoms in total. The third-order valence-electron chi connectivity index (χ3n) is 5.06. The van der Waals surface area contributed by atoms with Crippen molar-refractivity contribution in [2.75, 3.05) is 13.1 Å². The molecular weight excluding hydrogens is 212 g/mol. The molecule has 1 saturated heterocycles. The van der Waals surface area contributed by atoms with Crippen molar-refractivity contribution in [1.82, 2.24) is 10.6 Å². The molecule has 3 heteroatoms. The lowest BCUT2D eigenvalue weighted by atomic mass is 9.91. The molecule has 96 valence electrons. The van der Waals surface area contributed by atoms with E-state index in [0.29, 0.717) is 23.3 Å². The van der Waals surface area contributed by atoms with E-state index in [4.69, 9.17) is 0 Å². The number of hydrogen-bond acceptors (Lipinski definition) is 2. The van der Waals surface area contributed by atoms with Crippen LogP contribution in [0.5, 0.6) is 0 Å². The summed E-state index contributed by atoms with van der Waals surface area (Å²) in [6.07, 6.45) is 9.90. The lowest BCUT2D eigenvalue weighted by Gasteiger charge is -2.25. The highest BCUT2D eigenvalue weighted by atomic mass is 16.2. The van der Waals surface area contributed by atoms with Gasteiger partial charge in [0.2, 0.25) is 5.91 Å². The standard InChI is InChI=1S/C14H24N2O/c17-13(16-11-4-2-1-3-5-11)12-10-14(12)6-8-15-9-7-14/h11-12,15H,1-10H2,(H,16,17). The van der Waals surface area contributed by atoms with E-state index in [1.165, 1.54) is 44.9 Å². The second kappa shape index (κ2) is 4.60.